The second-order valence-electron chi connectivity index (χ2n) is 6.10. The molecule has 0 aliphatic rings. The number of hydrogen-bond donors (Lipinski definition) is 0. The summed E-state index contributed by atoms with van der Waals surface area (Å²) in [7, 11) is 2.00. The predicted molar refractivity (Wildman–Crippen MR) is 81.0 cm³/mol. The van der Waals surface area contributed by atoms with Gasteiger partial charge >= 0.3 is 0 Å². The lowest BCUT2D eigenvalue weighted by Crippen LogP contribution is -2.31. The topological polar surface area (TPSA) is 3.88 Å². The standard InChI is InChI=1S/C18H24N/c1-14-8-6-7-9-16(14)17-12-15(10-11-19(17)5)13-18(2,3)4/h6-12H,13H2,1-5H3/q+1/i13D2. The monoisotopic (exact) mass is 256 g/mol. The highest BCUT2D eigenvalue weighted by Gasteiger charge is 2.16. The fourth-order valence-corrected chi connectivity index (χ4v) is 2.21. The molecule has 0 amide bonds. The van der Waals surface area contributed by atoms with Crippen molar-refractivity contribution < 1.29 is 7.31 Å². The van der Waals surface area contributed by atoms with E-state index in [-0.39, 0.29) is 0 Å². The Morgan fingerprint density at radius 1 is 1.16 bits per heavy atom. The van der Waals surface area contributed by atoms with Gasteiger partial charge < -0.3 is 0 Å². The molecule has 0 fully saturated rings. The average Bonchev–Trinajstić information content (AvgIpc) is 2.38. The average molecular weight is 256 g/mol. The minimum Gasteiger partial charge on any atom is -0.201 e. The van der Waals surface area contributed by atoms with Gasteiger partial charge in [-0.25, -0.2) is 4.57 Å². The van der Waals surface area contributed by atoms with Crippen molar-refractivity contribution in [3.63, 3.8) is 0 Å². The molecule has 1 nitrogen and oxygen atoms in total. The molecule has 0 saturated carbocycles. The first-order valence-electron chi connectivity index (χ1n) is 7.71. The summed E-state index contributed by atoms with van der Waals surface area (Å²) in [6.07, 6.45) is 0.569. The van der Waals surface area contributed by atoms with Gasteiger partial charge in [0.2, 0.25) is 5.69 Å². The van der Waals surface area contributed by atoms with Crippen molar-refractivity contribution in [1.29, 1.82) is 0 Å². The van der Waals surface area contributed by atoms with Gasteiger partial charge in [-0.15, -0.1) is 0 Å². The lowest BCUT2D eigenvalue weighted by Gasteiger charge is -2.18. The number of benzene rings is 1. The van der Waals surface area contributed by atoms with E-state index >= 15 is 0 Å². The van der Waals surface area contributed by atoms with Crippen LogP contribution in [-0.2, 0) is 13.4 Å². The van der Waals surface area contributed by atoms with Crippen molar-refractivity contribution in [2.45, 2.75) is 34.1 Å². The van der Waals surface area contributed by atoms with Crippen LogP contribution in [0.3, 0.4) is 0 Å². The van der Waals surface area contributed by atoms with Crippen LogP contribution in [0.1, 0.15) is 34.6 Å². The molecule has 1 aromatic heterocycles. The van der Waals surface area contributed by atoms with Crippen LogP contribution in [-0.4, -0.2) is 0 Å². The van der Waals surface area contributed by atoms with Gasteiger partial charge in [0.15, 0.2) is 6.20 Å². The second kappa shape index (κ2) is 5.16. The summed E-state index contributed by atoms with van der Waals surface area (Å²) < 4.78 is 19.0. The normalized spacial score (nSPS) is 13.9. The number of aromatic nitrogens is 1. The summed E-state index contributed by atoms with van der Waals surface area (Å²) in [4.78, 5) is 0. The van der Waals surface area contributed by atoms with Gasteiger partial charge in [0.1, 0.15) is 7.05 Å². The maximum Gasteiger partial charge on any atom is 0.212 e. The molecule has 0 N–H and O–H groups in total. The van der Waals surface area contributed by atoms with Crippen LogP contribution in [0.5, 0.6) is 0 Å². The first kappa shape index (κ1) is 11.2. The molecule has 0 spiro atoms. The Morgan fingerprint density at radius 3 is 2.47 bits per heavy atom. The van der Waals surface area contributed by atoms with Gasteiger partial charge in [-0.3, -0.25) is 0 Å². The summed E-state index contributed by atoms with van der Waals surface area (Å²) in [5, 5.41) is 0. The van der Waals surface area contributed by atoms with Crippen molar-refractivity contribution in [2.24, 2.45) is 12.5 Å². The highest BCUT2D eigenvalue weighted by molar-refractivity contribution is 5.61. The van der Waals surface area contributed by atoms with E-state index in [1.165, 1.54) is 5.56 Å². The fourth-order valence-electron chi connectivity index (χ4n) is 2.21. The van der Waals surface area contributed by atoms with E-state index < -0.39 is 11.8 Å². The first-order valence-corrected chi connectivity index (χ1v) is 6.71. The highest BCUT2D eigenvalue weighted by atomic mass is 14.9. The lowest BCUT2D eigenvalue weighted by molar-refractivity contribution is -0.660. The van der Waals surface area contributed by atoms with E-state index in [9.17, 15) is 0 Å². The van der Waals surface area contributed by atoms with Crippen molar-refractivity contribution in [3.05, 3.63) is 53.7 Å². The minimum absolute atomic E-state index is 0.448. The van der Waals surface area contributed by atoms with Gasteiger partial charge in [0, 0.05) is 20.4 Å². The first-order chi connectivity index (χ1) is 9.64. The maximum atomic E-state index is 8.46. The van der Waals surface area contributed by atoms with Crippen LogP contribution >= 0.6 is 0 Å². The van der Waals surface area contributed by atoms with Gasteiger partial charge in [0.25, 0.3) is 0 Å². The number of rotatable bonds is 2. The summed E-state index contributed by atoms with van der Waals surface area (Å²) in [6, 6.07) is 12.1. The van der Waals surface area contributed by atoms with E-state index in [0.29, 0.717) is 0 Å². The van der Waals surface area contributed by atoms with Crippen molar-refractivity contribution in [1.82, 2.24) is 0 Å². The Morgan fingerprint density at radius 2 is 1.84 bits per heavy atom. The molecule has 2 rings (SSSR count). The largest absolute Gasteiger partial charge is 0.212 e. The summed E-state index contributed by atoms with van der Waals surface area (Å²) in [5.41, 5.74) is 3.66. The van der Waals surface area contributed by atoms with Crippen molar-refractivity contribution in [3.8, 4) is 11.3 Å². The van der Waals surface area contributed by atoms with Crippen LogP contribution in [0.2, 0.25) is 0 Å². The number of aryl methyl sites for hydroxylation is 2. The number of hydrogen-bond acceptors (Lipinski definition) is 0. The van der Waals surface area contributed by atoms with Crippen molar-refractivity contribution in [2.75, 3.05) is 0 Å². The summed E-state index contributed by atoms with van der Waals surface area (Å²) >= 11 is 0. The third-order valence-corrected chi connectivity index (χ3v) is 3.09. The van der Waals surface area contributed by atoms with Gasteiger partial charge in [0.05, 0.1) is 0 Å². The van der Waals surface area contributed by atoms with Crippen LogP contribution in [0.4, 0.5) is 0 Å². The number of nitrogens with zero attached hydrogens (tertiary/aromatic N) is 1. The quantitative estimate of drug-likeness (QED) is 0.713. The molecule has 1 heteroatoms. The Kier molecular flexibility index (Phi) is 3.05. The van der Waals surface area contributed by atoms with Crippen LogP contribution in [0.25, 0.3) is 11.3 Å². The summed E-state index contributed by atoms with van der Waals surface area (Å²) in [6.45, 7) is 7.90. The maximum absolute atomic E-state index is 8.46. The molecule has 1 heterocycles. The van der Waals surface area contributed by atoms with Crippen LogP contribution < -0.4 is 4.57 Å². The fraction of sp³-hybridized carbons (Fsp3) is 0.389. The van der Waals surface area contributed by atoms with E-state index in [1.54, 1.807) is 0 Å². The van der Waals surface area contributed by atoms with Crippen LogP contribution in [0, 0.1) is 12.3 Å². The second-order valence-corrected chi connectivity index (χ2v) is 6.10. The van der Waals surface area contributed by atoms with Gasteiger partial charge in [-0.05, 0) is 35.9 Å². The van der Waals surface area contributed by atoms with Gasteiger partial charge in [-0.2, -0.15) is 0 Å². The Balaban J connectivity index is 2.61. The predicted octanol–water partition coefficient (Wildman–Crippen LogP) is 4.08. The Bertz CT molecular complexity index is 655. The Labute approximate surface area is 119 Å². The SMILES string of the molecule is [2H]C([2H])(c1cc[n+](C)c(-c2ccccc2C)c1)C(C)(C)C. The zero-order valence-corrected chi connectivity index (χ0v) is 12.5. The summed E-state index contributed by atoms with van der Waals surface area (Å²) in [5.74, 6) is 0. The smallest absolute Gasteiger partial charge is 0.201 e. The van der Waals surface area contributed by atoms with E-state index in [0.717, 1.165) is 16.8 Å². The molecule has 1 aromatic carbocycles. The van der Waals surface area contributed by atoms with E-state index in [1.807, 2.05) is 62.8 Å². The highest BCUT2D eigenvalue weighted by Crippen LogP contribution is 2.24. The van der Waals surface area contributed by atoms with E-state index in [4.69, 9.17) is 2.74 Å². The molecule has 100 valence electrons. The Hall–Kier alpha value is -1.63. The molecule has 0 bridgehead atoms. The zero-order valence-electron chi connectivity index (χ0n) is 14.5. The van der Waals surface area contributed by atoms with E-state index in [2.05, 4.69) is 19.1 Å². The third-order valence-electron chi connectivity index (χ3n) is 3.09. The molecule has 0 aliphatic carbocycles. The molecule has 2 aromatic rings. The zero-order chi connectivity index (χ0) is 15.8. The molecule has 0 aliphatic heterocycles. The minimum atomic E-state index is -1.38. The molecule has 0 unspecified atom stereocenters. The molecular weight excluding hydrogens is 230 g/mol. The van der Waals surface area contributed by atoms with Crippen LogP contribution in [0.15, 0.2) is 42.6 Å². The molecule has 0 saturated heterocycles. The molecule has 0 radical (unpaired) electrons. The lowest BCUT2D eigenvalue weighted by atomic mass is 9.88. The molecule has 0 atom stereocenters. The van der Waals surface area contributed by atoms with Crippen molar-refractivity contribution >= 4 is 0 Å². The third kappa shape index (κ3) is 3.44. The van der Waals surface area contributed by atoms with Gasteiger partial charge in [-0.1, -0.05) is 39.0 Å². The molecule has 19 heavy (non-hydrogen) atoms. The molecular formula is C18H24N+. The number of pyridine rings is 1.